The summed E-state index contributed by atoms with van der Waals surface area (Å²) in [5.41, 5.74) is 1.66. The minimum absolute atomic E-state index is 0.0771. The minimum Gasteiger partial charge on any atom is -0.325 e. The fraction of sp³-hybridized carbons (Fsp3) is 0.200. The van der Waals surface area contributed by atoms with Crippen molar-refractivity contribution < 1.29 is 14.0 Å². The molecule has 30 heavy (non-hydrogen) atoms. The van der Waals surface area contributed by atoms with Gasteiger partial charge in [-0.3, -0.25) is 9.59 Å². The number of nitrogens with one attached hydrogen (secondary N) is 2. The molecule has 0 aliphatic carbocycles. The molecule has 10 heteroatoms. The van der Waals surface area contributed by atoms with Gasteiger partial charge in [-0.1, -0.05) is 41.6 Å². The number of rotatable bonds is 7. The number of aromatic nitrogens is 3. The Balaban J connectivity index is 1.56. The van der Waals surface area contributed by atoms with Crippen molar-refractivity contribution >= 4 is 46.6 Å². The van der Waals surface area contributed by atoms with Gasteiger partial charge in [-0.2, -0.15) is 0 Å². The first-order chi connectivity index (χ1) is 14.3. The molecule has 1 heterocycles. The second-order valence-electron chi connectivity index (χ2n) is 6.46. The summed E-state index contributed by atoms with van der Waals surface area (Å²) in [5, 5.41) is 14.4. The van der Waals surface area contributed by atoms with Crippen LogP contribution in [0.1, 0.15) is 11.4 Å². The SMILES string of the molecule is Cc1ccc(Cl)cc1NC(=O)CSc1nnc(CC(=O)Nc2ccccc2F)n1C. The molecule has 0 atom stereocenters. The summed E-state index contributed by atoms with van der Waals surface area (Å²) in [6.45, 7) is 1.88. The Morgan fingerprint density at radius 1 is 1.10 bits per heavy atom. The van der Waals surface area contributed by atoms with Crippen molar-refractivity contribution in [2.75, 3.05) is 16.4 Å². The number of halogens is 2. The first-order valence-electron chi connectivity index (χ1n) is 8.95. The highest BCUT2D eigenvalue weighted by atomic mass is 35.5. The summed E-state index contributed by atoms with van der Waals surface area (Å²) in [4.78, 5) is 24.4. The van der Waals surface area contributed by atoms with Crippen LogP contribution in [-0.4, -0.2) is 32.3 Å². The predicted octanol–water partition coefficient (Wildman–Crippen LogP) is 3.83. The Labute approximate surface area is 182 Å². The van der Waals surface area contributed by atoms with Gasteiger partial charge in [-0.15, -0.1) is 10.2 Å². The maximum absolute atomic E-state index is 13.7. The zero-order valence-electron chi connectivity index (χ0n) is 16.3. The van der Waals surface area contributed by atoms with E-state index in [-0.39, 0.29) is 23.8 Å². The summed E-state index contributed by atoms with van der Waals surface area (Å²) in [5.74, 6) is -0.633. The molecule has 0 spiro atoms. The van der Waals surface area contributed by atoms with Crippen LogP contribution in [-0.2, 0) is 23.1 Å². The molecule has 0 radical (unpaired) electrons. The molecule has 0 aliphatic rings. The standard InChI is InChI=1S/C20H19ClFN5O2S/c1-12-7-8-13(21)9-16(12)24-19(29)11-30-20-26-25-17(27(20)2)10-18(28)23-15-6-4-3-5-14(15)22/h3-9H,10-11H2,1-2H3,(H,23,28)(H,24,29). The minimum atomic E-state index is -0.513. The number of hydrogen-bond donors (Lipinski definition) is 2. The average molecular weight is 448 g/mol. The van der Waals surface area contributed by atoms with Crippen molar-refractivity contribution in [1.82, 2.24) is 14.8 Å². The third-order valence-corrected chi connectivity index (χ3v) is 5.45. The van der Waals surface area contributed by atoms with E-state index in [1.54, 1.807) is 35.9 Å². The number of thioether (sulfide) groups is 1. The zero-order chi connectivity index (χ0) is 21.7. The Morgan fingerprint density at radius 3 is 2.60 bits per heavy atom. The van der Waals surface area contributed by atoms with Crippen LogP contribution >= 0.6 is 23.4 Å². The fourth-order valence-corrected chi connectivity index (χ4v) is 3.47. The van der Waals surface area contributed by atoms with E-state index in [1.165, 1.54) is 23.9 Å². The number of carbonyl (C=O) groups is 2. The van der Waals surface area contributed by atoms with Gasteiger partial charge in [0.1, 0.15) is 11.6 Å². The third kappa shape index (κ3) is 5.58. The van der Waals surface area contributed by atoms with E-state index in [0.717, 1.165) is 5.56 Å². The number of carbonyl (C=O) groups excluding carboxylic acids is 2. The van der Waals surface area contributed by atoms with Gasteiger partial charge in [0.25, 0.3) is 0 Å². The molecule has 2 N–H and O–H groups in total. The smallest absolute Gasteiger partial charge is 0.234 e. The summed E-state index contributed by atoms with van der Waals surface area (Å²) in [7, 11) is 1.70. The molecule has 0 unspecified atom stereocenters. The lowest BCUT2D eigenvalue weighted by atomic mass is 10.2. The van der Waals surface area contributed by atoms with Crippen LogP contribution in [0.2, 0.25) is 5.02 Å². The third-order valence-electron chi connectivity index (χ3n) is 4.20. The second kappa shape index (κ2) is 9.73. The van der Waals surface area contributed by atoms with Crippen molar-refractivity contribution in [2.24, 2.45) is 7.05 Å². The van der Waals surface area contributed by atoms with Gasteiger partial charge in [-0.05, 0) is 36.8 Å². The summed E-state index contributed by atoms with van der Waals surface area (Å²) < 4.78 is 15.3. The number of anilines is 2. The summed E-state index contributed by atoms with van der Waals surface area (Å²) in [6.07, 6.45) is -0.0771. The Bertz CT molecular complexity index is 1090. The Morgan fingerprint density at radius 2 is 1.83 bits per heavy atom. The van der Waals surface area contributed by atoms with E-state index < -0.39 is 11.7 Å². The maximum atomic E-state index is 13.7. The first kappa shape index (κ1) is 21.8. The maximum Gasteiger partial charge on any atom is 0.234 e. The van der Waals surface area contributed by atoms with Gasteiger partial charge in [0, 0.05) is 17.8 Å². The molecule has 0 saturated heterocycles. The van der Waals surface area contributed by atoms with E-state index in [0.29, 0.717) is 21.7 Å². The lowest BCUT2D eigenvalue weighted by Crippen LogP contribution is -2.18. The number of para-hydroxylation sites is 1. The van der Waals surface area contributed by atoms with Crippen LogP contribution in [0, 0.1) is 12.7 Å². The van der Waals surface area contributed by atoms with Crippen molar-refractivity contribution in [3.8, 4) is 0 Å². The molecule has 7 nitrogen and oxygen atoms in total. The molecule has 2 aromatic carbocycles. The number of nitrogens with zero attached hydrogens (tertiary/aromatic N) is 3. The monoisotopic (exact) mass is 447 g/mol. The Hall–Kier alpha value is -2.91. The van der Waals surface area contributed by atoms with Crippen LogP contribution in [0.15, 0.2) is 47.6 Å². The summed E-state index contributed by atoms with van der Waals surface area (Å²) in [6, 6.07) is 11.2. The van der Waals surface area contributed by atoms with E-state index in [9.17, 15) is 14.0 Å². The average Bonchev–Trinajstić information content (AvgIpc) is 3.04. The number of aryl methyl sites for hydroxylation is 1. The van der Waals surface area contributed by atoms with Crippen molar-refractivity contribution in [3.05, 3.63) is 64.7 Å². The second-order valence-corrected chi connectivity index (χ2v) is 7.84. The first-order valence-corrected chi connectivity index (χ1v) is 10.3. The fourth-order valence-electron chi connectivity index (χ4n) is 2.57. The molecule has 0 fully saturated rings. The van der Waals surface area contributed by atoms with Crippen LogP contribution in [0.25, 0.3) is 0 Å². The zero-order valence-corrected chi connectivity index (χ0v) is 17.9. The Kier molecular flexibility index (Phi) is 7.07. The molecule has 2 amide bonds. The number of hydrogen-bond acceptors (Lipinski definition) is 5. The van der Waals surface area contributed by atoms with Crippen molar-refractivity contribution in [2.45, 2.75) is 18.5 Å². The lowest BCUT2D eigenvalue weighted by Gasteiger charge is -2.09. The van der Waals surface area contributed by atoms with Crippen LogP contribution in [0.4, 0.5) is 15.8 Å². The highest BCUT2D eigenvalue weighted by Gasteiger charge is 2.15. The van der Waals surface area contributed by atoms with E-state index in [4.69, 9.17) is 11.6 Å². The lowest BCUT2D eigenvalue weighted by molar-refractivity contribution is -0.116. The summed E-state index contributed by atoms with van der Waals surface area (Å²) >= 11 is 7.16. The van der Waals surface area contributed by atoms with Crippen molar-refractivity contribution in [3.63, 3.8) is 0 Å². The van der Waals surface area contributed by atoms with Crippen LogP contribution < -0.4 is 10.6 Å². The molecular weight excluding hydrogens is 429 g/mol. The van der Waals surface area contributed by atoms with Crippen LogP contribution in [0.5, 0.6) is 0 Å². The number of amides is 2. The van der Waals surface area contributed by atoms with Gasteiger partial charge in [0.15, 0.2) is 5.16 Å². The molecule has 3 aromatic rings. The van der Waals surface area contributed by atoms with Gasteiger partial charge in [0.2, 0.25) is 11.8 Å². The molecule has 0 saturated carbocycles. The van der Waals surface area contributed by atoms with Gasteiger partial charge in [0.05, 0.1) is 17.9 Å². The highest BCUT2D eigenvalue weighted by Crippen LogP contribution is 2.22. The van der Waals surface area contributed by atoms with Gasteiger partial charge in [-0.25, -0.2) is 4.39 Å². The number of benzene rings is 2. The predicted molar refractivity (Wildman–Crippen MR) is 115 cm³/mol. The quantitative estimate of drug-likeness (QED) is 0.537. The van der Waals surface area contributed by atoms with Gasteiger partial charge < -0.3 is 15.2 Å². The van der Waals surface area contributed by atoms with E-state index in [2.05, 4.69) is 20.8 Å². The largest absolute Gasteiger partial charge is 0.325 e. The topological polar surface area (TPSA) is 88.9 Å². The highest BCUT2D eigenvalue weighted by molar-refractivity contribution is 7.99. The normalized spacial score (nSPS) is 10.7. The molecule has 3 rings (SSSR count). The molecule has 0 bridgehead atoms. The molecule has 1 aromatic heterocycles. The van der Waals surface area contributed by atoms with Crippen LogP contribution in [0.3, 0.4) is 0 Å². The van der Waals surface area contributed by atoms with E-state index >= 15 is 0 Å². The molecular formula is C20H19ClFN5O2S. The molecule has 156 valence electrons. The molecule has 0 aliphatic heterocycles. The van der Waals surface area contributed by atoms with E-state index in [1.807, 2.05) is 13.0 Å². The van der Waals surface area contributed by atoms with Crippen molar-refractivity contribution in [1.29, 1.82) is 0 Å². The van der Waals surface area contributed by atoms with Gasteiger partial charge >= 0.3 is 0 Å².